The topological polar surface area (TPSA) is 33.1 Å². The molecule has 0 radical (unpaired) electrons. The number of aromatic nitrogens is 1. The molecule has 2 rings (SSSR count). The number of rotatable bonds is 1. The third-order valence-corrected chi connectivity index (χ3v) is 2.46. The second kappa shape index (κ2) is 3.93. The third kappa shape index (κ3) is 1.89. The molecule has 0 saturated heterocycles. The molecule has 2 nitrogen and oxygen atoms in total. The zero-order chi connectivity index (χ0) is 11.7. The van der Waals surface area contributed by atoms with E-state index in [2.05, 4.69) is 4.98 Å². The van der Waals surface area contributed by atoms with Crippen molar-refractivity contribution >= 4 is 0 Å². The van der Waals surface area contributed by atoms with Crippen molar-refractivity contribution in [1.29, 1.82) is 0 Å². The summed E-state index contributed by atoms with van der Waals surface area (Å²) in [5, 5.41) is 9.35. The van der Waals surface area contributed by atoms with E-state index in [-0.39, 0.29) is 11.6 Å². The lowest BCUT2D eigenvalue weighted by Gasteiger charge is -2.05. The van der Waals surface area contributed by atoms with Gasteiger partial charge in [0.05, 0.1) is 11.4 Å². The fourth-order valence-corrected chi connectivity index (χ4v) is 1.53. The number of pyridine rings is 1. The molecule has 0 amide bonds. The van der Waals surface area contributed by atoms with Crippen molar-refractivity contribution in [3.8, 4) is 17.0 Å². The van der Waals surface area contributed by atoms with Gasteiger partial charge in [-0.05, 0) is 43.7 Å². The molecule has 2 aromatic rings. The van der Waals surface area contributed by atoms with Gasteiger partial charge < -0.3 is 5.11 Å². The molecule has 0 aliphatic heterocycles. The largest absolute Gasteiger partial charge is 0.506 e. The molecular weight excluding hydrogens is 205 g/mol. The lowest BCUT2D eigenvalue weighted by atomic mass is 10.1. The molecule has 16 heavy (non-hydrogen) atoms. The van der Waals surface area contributed by atoms with E-state index in [4.69, 9.17) is 0 Å². The number of halogens is 1. The first-order chi connectivity index (χ1) is 7.58. The van der Waals surface area contributed by atoms with Crippen molar-refractivity contribution in [2.24, 2.45) is 0 Å². The minimum Gasteiger partial charge on any atom is -0.506 e. The Labute approximate surface area is 93.4 Å². The van der Waals surface area contributed by atoms with Crippen LogP contribution in [0.25, 0.3) is 11.3 Å². The average Bonchev–Trinajstić information content (AvgIpc) is 2.22. The summed E-state index contributed by atoms with van der Waals surface area (Å²) in [5.74, 6) is -0.172. The zero-order valence-electron chi connectivity index (χ0n) is 9.16. The summed E-state index contributed by atoms with van der Waals surface area (Å²) in [6.07, 6.45) is 0. The van der Waals surface area contributed by atoms with Gasteiger partial charge in [-0.3, -0.25) is 0 Å². The lowest BCUT2D eigenvalue weighted by molar-refractivity contribution is 0.468. The van der Waals surface area contributed by atoms with Crippen LogP contribution in [0, 0.1) is 19.7 Å². The van der Waals surface area contributed by atoms with Gasteiger partial charge in [0.2, 0.25) is 0 Å². The van der Waals surface area contributed by atoms with Crippen molar-refractivity contribution in [1.82, 2.24) is 4.98 Å². The second-order valence-corrected chi connectivity index (χ2v) is 3.78. The fourth-order valence-electron chi connectivity index (χ4n) is 1.53. The summed E-state index contributed by atoms with van der Waals surface area (Å²) in [7, 11) is 0. The van der Waals surface area contributed by atoms with Gasteiger partial charge in [0.1, 0.15) is 11.6 Å². The van der Waals surface area contributed by atoms with Crippen molar-refractivity contribution in [3.63, 3.8) is 0 Å². The van der Waals surface area contributed by atoms with Gasteiger partial charge in [-0.15, -0.1) is 0 Å². The molecule has 0 spiro atoms. The van der Waals surface area contributed by atoms with Crippen molar-refractivity contribution < 1.29 is 9.50 Å². The molecule has 3 heteroatoms. The molecule has 82 valence electrons. The van der Waals surface area contributed by atoms with Gasteiger partial charge in [-0.2, -0.15) is 0 Å². The summed E-state index contributed by atoms with van der Waals surface area (Å²) in [6.45, 7) is 3.52. The highest BCUT2D eigenvalue weighted by molar-refractivity contribution is 5.61. The van der Waals surface area contributed by atoms with Crippen LogP contribution in [0.3, 0.4) is 0 Å². The van der Waals surface area contributed by atoms with Crippen LogP contribution in [0.15, 0.2) is 30.3 Å². The van der Waals surface area contributed by atoms with Crippen LogP contribution in [0.1, 0.15) is 11.3 Å². The summed E-state index contributed by atoms with van der Waals surface area (Å²) >= 11 is 0. The first-order valence-electron chi connectivity index (χ1n) is 5.01. The highest BCUT2D eigenvalue weighted by Gasteiger charge is 2.07. The average molecular weight is 217 g/mol. The number of aryl methyl sites for hydroxylation is 2. The van der Waals surface area contributed by atoms with Crippen molar-refractivity contribution in [2.75, 3.05) is 0 Å². The molecule has 0 fully saturated rings. The second-order valence-electron chi connectivity index (χ2n) is 3.78. The SMILES string of the molecule is Cc1ccc(-c2ccc(O)c(C)n2)c(F)c1. The third-order valence-electron chi connectivity index (χ3n) is 2.46. The van der Waals surface area contributed by atoms with Gasteiger partial charge in [0.15, 0.2) is 0 Å². The maximum absolute atomic E-state index is 13.7. The molecule has 0 bridgehead atoms. The minimum absolute atomic E-state index is 0.122. The molecule has 1 aromatic heterocycles. The van der Waals surface area contributed by atoms with E-state index in [1.807, 2.05) is 13.0 Å². The normalized spacial score (nSPS) is 10.4. The molecule has 1 aromatic carbocycles. The van der Waals surface area contributed by atoms with E-state index < -0.39 is 0 Å². The highest BCUT2D eigenvalue weighted by Crippen LogP contribution is 2.24. The number of benzene rings is 1. The van der Waals surface area contributed by atoms with E-state index in [1.165, 1.54) is 12.1 Å². The Hall–Kier alpha value is -1.90. The predicted molar refractivity (Wildman–Crippen MR) is 60.8 cm³/mol. The van der Waals surface area contributed by atoms with Gasteiger partial charge in [0, 0.05) is 5.56 Å². The van der Waals surface area contributed by atoms with Crippen LogP contribution in [0.5, 0.6) is 5.75 Å². The summed E-state index contributed by atoms with van der Waals surface area (Å²) in [6, 6.07) is 8.14. The Morgan fingerprint density at radius 3 is 2.50 bits per heavy atom. The van der Waals surface area contributed by atoms with Gasteiger partial charge in [0.25, 0.3) is 0 Å². The minimum atomic E-state index is -0.294. The van der Waals surface area contributed by atoms with Crippen LogP contribution in [0.4, 0.5) is 4.39 Å². The Kier molecular flexibility index (Phi) is 2.60. The Balaban J connectivity index is 2.54. The maximum Gasteiger partial charge on any atom is 0.136 e. The van der Waals surface area contributed by atoms with Crippen LogP contribution in [-0.4, -0.2) is 10.1 Å². The molecule has 0 aliphatic carbocycles. The molecule has 0 saturated carbocycles. The first-order valence-corrected chi connectivity index (χ1v) is 5.01. The smallest absolute Gasteiger partial charge is 0.136 e. The quantitative estimate of drug-likeness (QED) is 0.795. The fraction of sp³-hybridized carbons (Fsp3) is 0.154. The summed E-state index contributed by atoms with van der Waals surface area (Å²) in [4.78, 5) is 4.14. The number of hydrogen-bond acceptors (Lipinski definition) is 2. The first kappa shape index (κ1) is 10.6. The number of hydrogen-bond donors (Lipinski definition) is 1. The Bertz CT molecular complexity index is 537. The number of nitrogens with zero attached hydrogens (tertiary/aromatic N) is 1. The lowest BCUT2D eigenvalue weighted by Crippen LogP contribution is -1.91. The van der Waals surface area contributed by atoms with Gasteiger partial charge in [-0.25, -0.2) is 9.37 Å². The monoisotopic (exact) mass is 217 g/mol. The predicted octanol–water partition coefficient (Wildman–Crippen LogP) is 3.21. The summed E-state index contributed by atoms with van der Waals surface area (Å²) in [5.41, 5.74) is 2.36. The van der Waals surface area contributed by atoms with Crippen molar-refractivity contribution in [2.45, 2.75) is 13.8 Å². The standard InChI is InChI=1S/C13H12FNO/c1-8-3-4-10(11(14)7-8)12-5-6-13(16)9(2)15-12/h3-7,16H,1-2H3. The van der Waals surface area contributed by atoms with E-state index in [1.54, 1.807) is 19.1 Å². The van der Waals surface area contributed by atoms with Crippen LogP contribution < -0.4 is 0 Å². The van der Waals surface area contributed by atoms with Crippen molar-refractivity contribution in [3.05, 3.63) is 47.4 Å². The zero-order valence-corrected chi connectivity index (χ0v) is 9.16. The van der Waals surface area contributed by atoms with Crippen LogP contribution in [-0.2, 0) is 0 Å². The number of aromatic hydroxyl groups is 1. The van der Waals surface area contributed by atoms with E-state index in [9.17, 15) is 9.50 Å². The van der Waals surface area contributed by atoms with Crippen LogP contribution >= 0.6 is 0 Å². The van der Waals surface area contributed by atoms with E-state index in [0.717, 1.165) is 5.56 Å². The summed E-state index contributed by atoms with van der Waals surface area (Å²) < 4.78 is 13.7. The Morgan fingerprint density at radius 2 is 1.88 bits per heavy atom. The Morgan fingerprint density at radius 1 is 1.12 bits per heavy atom. The highest BCUT2D eigenvalue weighted by atomic mass is 19.1. The molecular formula is C13H12FNO. The molecule has 0 aliphatic rings. The van der Waals surface area contributed by atoms with Crippen LogP contribution in [0.2, 0.25) is 0 Å². The molecule has 0 atom stereocenters. The van der Waals surface area contributed by atoms with E-state index in [0.29, 0.717) is 17.0 Å². The maximum atomic E-state index is 13.7. The molecule has 0 unspecified atom stereocenters. The van der Waals surface area contributed by atoms with Gasteiger partial charge >= 0.3 is 0 Å². The molecule has 1 heterocycles. The molecule has 1 N–H and O–H groups in total. The van der Waals surface area contributed by atoms with Gasteiger partial charge in [-0.1, -0.05) is 6.07 Å². The van der Waals surface area contributed by atoms with E-state index >= 15 is 0 Å².